The molecule has 94 valence electrons. The van der Waals surface area contributed by atoms with Crippen molar-refractivity contribution in [2.24, 2.45) is 0 Å². The van der Waals surface area contributed by atoms with Gasteiger partial charge in [0.2, 0.25) is 0 Å². The normalized spacial score (nSPS) is 10.4. The molecule has 0 aliphatic heterocycles. The number of benzene rings is 2. The molecular formula is C12H10NNaO4S. The number of nitrogens with one attached hydrogen (secondary N) is 1. The van der Waals surface area contributed by atoms with Crippen LogP contribution in [0.5, 0.6) is 11.5 Å². The summed E-state index contributed by atoms with van der Waals surface area (Å²) in [5.41, 5.74) is 0.199. The van der Waals surface area contributed by atoms with Crippen molar-refractivity contribution < 1.29 is 47.3 Å². The molecule has 1 N–H and O–H groups in total. The summed E-state index contributed by atoms with van der Waals surface area (Å²) < 4.78 is 38.8. The van der Waals surface area contributed by atoms with Gasteiger partial charge in [-0.2, -0.15) is 0 Å². The second-order valence-corrected chi connectivity index (χ2v) is 4.61. The van der Waals surface area contributed by atoms with Gasteiger partial charge >= 0.3 is 29.6 Å². The number of rotatable bonds is 4. The number of hydrogen-bond acceptors (Lipinski definition) is 4. The van der Waals surface area contributed by atoms with Crippen LogP contribution in [-0.2, 0) is 10.3 Å². The van der Waals surface area contributed by atoms with Crippen molar-refractivity contribution in [3.8, 4) is 11.5 Å². The van der Waals surface area contributed by atoms with Crippen LogP contribution < -0.4 is 39.0 Å². The summed E-state index contributed by atoms with van der Waals surface area (Å²) in [7, 11) is -4.49. The maximum atomic E-state index is 10.5. The molecule has 0 radical (unpaired) electrons. The molecule has 0 saturated heterocycles. The van der Waals surface area contributed by atoms with Crippen molar-refractivity contribution in [3.63, 3.8) is 0 Å². The summed E-state index contributed by atoms with van der Waals surface area (Å²) in [5, 5.41) is 0. The van der Waals surface area contributed by atoms with E-state index in [0.29, 0.717) is 11.5 Å². The zero-order valence-electron chi connectivity index (χ0n) is 10.2. The Morgan fingerprint density at radius 3 is 1.95 bits per heavy atom. The summed E-state index contributed by atoms with van der Waals surface area (Å²) >= 11 is 0. The number of hydrogen-bond donors (Lipinski definition) is 1. The van der Waals surface area contributed by atoms with Crippen molar-refractivity contribution in [3.05, 3.63) is 54.6 Å². The zero-order chi connectivity index (χ0) is 13.0. The van der Waals surface area contributed by atoms with Crippen molar-refractivity contribution in [2.75, 3.05) is 4.72 Å². The first kappa shape index (κ1) is 16.0. The van der Waals surface area contributed by atoms with Gasteiger partial charge in [-0.05, 0) is 36.4 Å². The van der Waals surface area contributed by atoms with Crippen molar-refractivity contribution in [2.45, 2.75) is 0 Å². The second kappa shape index (κ2) is 6.93. The Kier molecular flexibility index (Phi) is 5.84. The van der Waals surface area contributed by atoms with E-state index in [9.17, 15) is 13.0 Å². The molecule has 0 aromatic heterocycles. The number of para-hydroxylation sites is 1. The molecule has 5 nitrogen and oxygen atoms in total. The number of anilines is 1. The molecule has 0 amide bonds. The van der Waals surface area contributed by atoms with Gasteiger partial charge in [0.1, 0.15) is 11.5 Å². The average Bonchev–Trinajstić information content (AvgIpc) is 2.31. The molecule has 0 aliphatic carbocycles. The molecule has 0 atom stereocenters. The largest absolute Gasteiger partial charge is 1.00 e. The summed E-state index contributed by atoms with van der Waals surface area (Å²) in [6.45, 7) is 0. The van der Waals surface area contributed by atoms with Crippen LogP contribution in [0, 0.1) is 0 Å². The van der Waals surface area contributed by atoms with Crippen LogP contribution in [0.3, 0.4) is 0 Å². The molecule has 7 heteroatoms. The first-order valence-corrected chi connectivity index (χ1v) is 6.50. The van der Waals surface area contributed by atoms with Gasteiger partial charge in [-0.25, -0.2) is 8.42 Å². The maximum Gasteiger partial charge on any atom is 1.00 e. The predicted octanol–water partition coefficient (Wildman–Crippen LogP) is -0.645. The smallest absolute Gasteiger partial charge is 0.731 e. The topological polar surface area (TPSA) is 78.5 Å². The molecule has 0 heterocycles. The fraction of sp³-hybridized carbons (Fsp3) is 0. The average molecular weight is 287 g/mol. The summed E-state index contributed by atoms with van der Waals surface area (Å²) in [5.74, 6) is 1.23. The molecule has 0 bridgehead atoms. The van der Waals surface area contributed by atoms with E-state index in [1.165, 1.54) is 12.1 Å². The molecule has 2 rings (SSSR count). The fourth-order valence-electron chi connectivity index (χ4n) is 1.36. The molecule has 19 heavy (non-hydrogen) atoms. The van der Waals surface area contributed by atoms with E-state index in [2.05, 4.69) is 0 Å². The van der Waals surface area contributed by atoms with Gasteiger partial charge in [0.15, 0.2) is 10.3 Å². The monoisotopic (exact) mass is 287 g/mol. The second-order valence-electron chi connectivity index (χ2n) is 3.50. The van der Waals surface area contributed by atoms with Crippen LogP contribution in [0.4, 0.5) is 5.69 Å². The Hall–Kier alpha value is -1.05. The zero-order valence-corrected chi connectivity index (χ0v) is 13.1. The van der Waals surface area contributed by atoms with Gasteiger partial charge in [0.25, 0.3) is 0 Å². The van der Waals surface area contributed by atoms with Crippen LogP contribution in [0.1, 0.15) is 0 Å². The van der Waals surface area contributed by atoms with E-state index in [-0.39, 0.29) is 35.2 Å². The van der Waals surface area contributed by atoms with Crippen molar-refractivity contribution in [1.82, 2.24) is 0 Å². The van der Waals surface area contributed by atoms with Gasteiger partial charge < -0.3 is 9.29 Å². The Balaban J connectivity index is 0.00000180. The van der Waals surface area contributed by atoms with Gasteiger partial charge in [0, 0.05) is 5.69 Å². The first-order valence-electron chi connectivity index (χ1n) is 5.09. The first-order chi connectivity index (χ1) is 8.53. The minimum absolute atomic E-state index is 0. The van der Waals surface area contributed by atoms with E-state index < -0.39 is 10.3 Å². The molecule has 2 aromatic carbocycles. The molecular weight excluding hydrogens is 277 g/mol. The molecule has 0 unspecified atom stereocenters. The summed E-state index contributed by atoms with van der Waals surface area (Å²) in [6, 6.07) is 15.2. The van der Waals surface area contributed by atoms with Crippen LogP contribution in [0.15, 0.2) is 54.6 Å². The molecule has 0 spiro atoms. The molecule has 0 saturated carbocycles. The maximum absolute atomic E-state index is 10.5. The SMILES string of the molecule is O=S(=O)([O-])Nc1ccc(Oc2ccccc2)cc1.[Na+]. The van der Waals surface area contributed by atoms with E-state index in [0.717, 1.165) is 0 Å². The van der Waals surface area contributed by atoms with E-state index in [1.54, 1.807) is 24.3 Å². The number of ether oxygens (including phenoxy) is 1. The van der Waals surface area contributed by atoms with Gasteiger partial charge in [0.05, 0.1) is 0 Å². The van der Waals surface area contributed by atoms with Crippen LogP contribution in [0.25, 0.3) is 0 Å². The third-order valence-electron chi connectivity index (χ3n) is 2.08. The predicted molar refractivity (Wildman–Crippen MR) is 66.3 cm³/mol. The standard InChI is InChI=1S/C12H11NO4S.Na/c14-18(15,16)13-10-6-8-12(9-7-10)17-11-4-2-1-3-5-11;/h1-9,13H,(H,14,15,16);/q;+1/p-1. The van der Waals surface area contributed by atoms with Gasteiger partial charge in [-0.3, -0.25) is 4.72 Å². The van der Waals surface area contributed by atoms with Crippen LogP contribution in [0.2, 0.25) is 0 Å². The van der Waals surface area contributed by atoms with Gasteiger partial charge in [-0.1, -0.05) is 18.2 Å². The van der Waals surface area contributed by atoms with Crippen LogP contribution >= 0.6 is 0 Å². The third kappa shape index (κ3) is 5.63. The molecule has 0 fully saturated rings. The molecule has 0 aliphatic rings. The fourth-order valence-corrected chi connectivity index (χ4v) is 1.78. The van der Waals surface area contributed by atoms with Crippen LogP contribution in [-0.4, -0.2) is 13.0 Å². The Morgan fingerprint density at radius 2 is 1.42 bits per heavy atom. The molecule has 2 aromatic rings. The van der Waals surface area contributed by atoms with Crippen molar-refractivity contribution >= 4 is 16.0 Å². The third-order valence-corrected chi connectivity index (χ3v) is 2.56. The summed E-state index contributed by atoms with van der Waals surface area (Å²) in [6.07, 6.45) is 0. The minimum atomic E-state index is -4.49. The van der Waals surface area contributed by atoms with Crippen molar-refractivity contribution in [1.29, 1.82) is 0 Å². The van der Waals surface area contributed by atoms with E-state index >= 15 is 0 Å². The minimum Gasteiger partial charge on any atom is -0.731 e. The van der Waals surface area contributed by atoms with E-state index in [4.69, 9.17) is 4.74 Å². The Bertz CT molecular complexity index is 614. The quantitative estimate of drug-likeness (QED) is 0.599. The Labute approximate surface area is 133 Å². The summed E-state index contributed by atoms with van der Waals surface area (Å²) in [4.78, 5) is 0. The van der Waals surface area contributed by atoms with E-state index in [1.807, 2.05) is 22.9 Å². The van der Waals surface area contributed by atoms with Gasteiger partial charge in [-0.15, -0.1) is 0 Å². The Morgan fingerprint density at radius 1 is 0.895 bits per heavy atom.